The number of hydrogen-bond donors (Lipinski definition) is 0. The third-order valence-corrected chi connectivity index (χ3v) is 4.36. The van der Waals surface area contributed by atoms with Gasteiger partial charge in [-0.3, -0.25) is 19.8 Å². The molecular weight excluding hydrogens is 403 g/mol. The van der Waals surface area contributed by atoms with Crippen LogP contribution in [-0.4, -0.2) is 17.4 Å². The first-order chi connectivity index (χ1) is 13.5. The summed E-state index contributed by atoms with van der Waals surface area (Å²) in [6.45, 7) is -0.373. The Kier molecular flexibility index (Phi) is 6.13. The monoisotopic (exact) mass is 416 g/mol. The highest BCUT2D eigenvalue weighted by atomic mass is 35.5. The molecule has 0 spiro atoms. The summed E-state index contributed by atoms with van der Waals surface area (Å²) in [4.78, 5) is 25.1. The van der Waals surface area contributed by atoms with Crippen LogP contribution in [0.2, 0.25) is 10.0 Å². The van der Waals surface area contributed by atoms with Crippen LogP contribution in [0.1, 0.15) is 0 Å². The second-order valence-electron chi connectivity index (χ2n) is 5.67. The Morgan fingerprint density at radius 1 is 1.00 bits per heavy atom. The van der Waals surface area contributed by atoms with Gasteiger partial charge >= 0.3 is 0 Å². The fourth-order valence-electron chi connectivity index (χ4n) is 2.60. The summed E-state index contributed by atoms with van der Waals surface area (Å²) >= 11 is 11.9. The summed E-state index contributed by atoms with van der Waals surface area (Å²) in [5, 5.41) is 12.1. The number of ether oxygens (including phenoxy) is 1. The van der Waals surface area contributed by atoms with E-state index in [0.29, 0.717) is 10.7 Å². The van der Waals surface area contributed by atoms with Crippen LogP contribution in [0.4, 0.5) is 17.1 Å². The van der Waals surface area contributed by atoms with Crippen molar-refractivity contribution >= 4 is 46.2 Å². The molecule has 28 heavy (non-hydrogen) atoms. The fraction of sp³-hybridized carbons (Fsp3) is 0.0500. The van der Waals surface area contributed by atoms with Gasteiger partial charge in [0.2, 0.25) is 0 Å². The minimum atomic E-state index is -0.532. The van der Waals surface area contributed by atoms with Crippen molar-refractivity contribution in [3.8, 4) is 5.75 Å². The molecule has 3 rings (SSSR count). The average molecular weight is 417 g/mol. The zero-order valence-electron chi connectivity index (χ0n) is 14.4. The lowest BCUT2D eigenvalue weighted by molar-refractivity contribution is -0.384. The molecular formula is C20H14Cl2N2O4. The summed E-state index contributed by atoms with van der Waals surface area (Å²) in [5.74, 6) is -0.207. The highest BCUT2D eigenvalue weighted by Gasteiger charge is 2.26. The van der Waals surface area contributed by atoms with Crippen molar-refractivity contribution < 1.29 is 14.5 Å². The minimum Gasteiger partial charge on any atom is -0.482 e. The zero-order chi connectivity index (χ0) is 20.1. The van der Waals surface area contributed by atoms with Crippen LogP contribution in [0, 0.1) is 10.1 Å². The zero-order valence-corrected chi connectivity index (χ0v) is 15.9. The third kappa shape index (κ3) is 4.42. The van der Waals surface area contributed by atoms with E-state index in [-0.39, 0.29) is 28.8 Å². The lowest BCUT2D eigenvalue weighted by atomic mass is 10.2. The molecule has 0 radical (unpaired) electrons. The van der Waals surface area contributed by atoms with E-state index in [9.17, 15) is 14.9 Å². The lowest BCUT2D eigenvalue weighted by Gasteiger charge is -2.23. The molecule has 6 nitrogen and oxygen atoms in total. The number of nitrogens with zero attached hydrogens (tertiary/aromatic N) is 2. The molecule has 0 bridgehead atoms. The molecule has 142 valence electrons. The number of carbonyl (C=O) groups is 1. The minimum absolute atomic E-state index is 0.148. The van der Waals surface area contributed by atoms with Gasteiger partial charge in [0.25, 0.3) is 11.6 Å². The van der Waals surface area contributed by atoms with Gasteiger partial charge in [-0.15, -0.1) is 0 Å². The number of nitro benzene ring substituents is 1. The maximum Gasteiger partial charge on any atom is 0.293 e. The van der Waals surface area contributed by atoms with Crippen LogP contribution in [0.5, 0.6) is 5.75 Å². The van der Waals surface area contributed by atoms with E-state index in [4.69, 9.17) is 27.9 Å². The molecule has 0 aromatic heterocycles. The Labute approximate surface area is 171 Å². The molecule has 1 amide bonds. The number of hydrogen-bond acceptors (Lipinski definition) is 4. The molecule has 0 heterocycles. The number of benzene rings is 3. The molecule has 0 unspecified atom stereocenters. The lowest BCUT2D eigenvalue weighted by Crippen LogP contribution is -2.31. The molecule has 0 aliphatic heterocycles. The van der Waals surface area contributed by atoms with Gasteiger partial charge in [-0.2, -0.15) is 0 Å². The van der Waals surface area contributed by atoms with Crippen LogP contribution >= 0.6 is 23.2 Å². The average Bonchev–Trinajstić information content (AvgIpc) is 2.68. The summed E-state index contributed by atoms with van der Waals surface area (Å²) < 4.78 is 5.53. The Morgan fingerprint density at radius 2 is 1.68 bits per heavy atom. The van der Waals surface area contributed by atoms with E-state index in [1.807, 2.05) is 0 Å². The van der Waals surface area contributed by atoms with Crippen molar-refractivity contribution in [2.45, 2.75) is 0 Å². The number of rotatable bonds is 6. The van der Waals surface area contributed by atoms with Gasteiger partial charge in [0, 0.05) is 16.8 Å². The quantitative estimate of drug-likeness (QED) is 0.384. The van der Waals surface area contributed by atoms with Gasteiger partial charge in [-0.25, -0.2) is 0 Å². The molecule has 0 N–H and O–H groups in total. The van der Waals surface area contributed by atoms with E-state index in [0.717, 1.165) is 0 Å². The second kappa shape index (κ2) is 8.73. The van der Waals surface area contributed by atoms with Gasteiger partial charge in [-0.1, -0.05) is 53.5 Å². The summed E-state index contributed by atoms with van der Waals surface area (Å²) in [6, 6.07) is 19.3. The number of halogens is 2. The predicted octanol–water partition coefficient (Wildman–Crippen LogP) is 5.65. The van der Waals surface area contributed by atoms with Crippen LogP contribution in [0.15, 0.2) is 72.8 Å². The van der Waals surface area contributed by atoms with E-state index in [1.54, 1.807) is 54.6 Å². The van der Waals surface area contributed by atoms with Gasteiger partial charge in [0.15, 0.2) is 6.61 Å². The van der Waals surface area contributed by atoms with Gasteiger partial charge in [0.05, 0.1) is 9.95 Å². The standard InChI is InChI=1S/C20H14Cl2N2O4/c21-14-10-11-19(16(22)12-14)28-13-20(25)23(15-6-2-1-3-7-15)17-8-4-5-9-18(17)24(26)27/h1-12H,13H2. The fourth-order valence-corrected chi connectivity index (χ4v) is 3.06. The van der Waals surface area contributed by atoms with Crippen molar-refractivity contribution in [3.63, 3.8) is 0 Å². The Morgan fingerprint density at radius 3 is 2.36 bits per heavy atom. The first-order valence-corrected chi connectivity index (χ1v) is 8.92. The van der Waals surface area contributed by atoms with Crippen molar-refractivity contribution in [3.05, 3.63) is 93.0 Å². The third-order valence-electron chi connectivity index (χ3n) is 3.83. The Bertz CT molecular complexity index is 1010. The molecule has 0 fully saturated rings. The molecule has 3 aromatic rings. The molecule has 0 saturated carbocycles. The van der Waals surface area contributed by atoms with E-state index in [1.165, 1.54) is 23.1 Å². The number of carbonyl (C=O) groups excluding carboxylic acids is 1. The predicted molar refractivity (Wildman–Crippen MR) is 109 cm³/mol. The first-order valence-electron chi connectivity index (χ1n) is 8.16. The summed E-state index contributed by atoms with van der Waals surface area (Å²) in [6.07, 6.45) is 0. The van der Waals surface area contributed by atoms with Crippen molar-refractivity contribution in [2.75, 3.05) is 11.5 Å². The highest BCUT2D eigenvalue weighted by Crippen LogP contribution is 2.34. The highest BCUT2D eigenvalue weighted by molar-refractivity contribution is 6.35. The molecule has 0 aliphatic carbocycles. The maximum atomic E-state index is 13.0. The number of amides is 1. The van der Waals surface area contributed by atoms with Gasteiger partial charge in [0.1, 0.15) is 11.4 Å². The first kappa shape index (κ1) is 19.7. The maximum absolute atomic E-state index is 13.0. The Hall–Kier alpha value is -3.09. The van der Waals surface area contributed by atoms with Crippen LogP contribution in [0.3, 0.4) is 0 Å². The van der Waals surface area contributed by atoms with Crippen molar-refractivity contribution in [1.29, 1.82) is 0 Å². The van der Waals surface area contributed by atoms with E-state index < -0.39 is 10.8 Å². The summed E-state index contributed by atoms with van der Waals surface area (Å²) in [5.41, 5.74) is 0.436. The van der Waals surface area contributed by atoms with Gasteiger partial charge in [-0.05, 0) is 36.4 Å². The summed E-state index contributed by atoms with van der Waals surface area (Å²) in [7, 11) is 0. The largest absolute Gasteiger partial charge is 0.482 e. The van der Waals surface area contributed by atoms with Crippen molar-refractivity contribution in [1.82, 2.24) is 0 Å². The topological polar surface area (TPSA) is 72.7 Å². The Balaban J connectivity index is 1.94. The van der Waals surface area contributed by atoms with Gasteiger partial charge < -0.3 is 4.74 Å². The second-order valence-corrected chi connectivity index (χ2v) is 6.52. The molecule has 0 aliphatic rings. The number of anilines is 2. The number of para-hydroxylation sites is 3. The number of nitro groups is 1. The van der Waals surface area contributed by atoms with Crippen molar-refractivity contribution in [2.24, 2.45) is 0 Å². The normalized spacial score (nSPS) is 10.4. The SMILES string of the molecule is O=C(COc1ccc(Cl)cc1Cl)N(c1ccccc1)c1ccccc1[N+](=O)[O-]. The molecule has 8 heteroatoms. The van der Waals surface area contributed by atoms with E-state index >= 15 is 0 Å². The van der Waals surface area contributed by atoms with Crippen LogP contribution < -0.4 is 9.64 Å². The molecule has 0 saturated heterocycles. The van der Waals surface area contributed by atoms with Crippen LogP contribution in [0.25, 0.3) is 0 Å². The van der Waals surface area contributed by atoms with Crippen LogP contribution in [-0.2, 0) is 4.79 Å². The smallest absolute Gasteiger partial charge is 0.293 e. The van der Waals surface area contributed by atoms with E-state index in [2.05, 4.69) is 0 Å². The molecule has 0 atom stereocenters. The molecule has 3 aromatic carbocycles.